The summed E-state index contributed by atoms with van der Waals surface area (Å²) in [6.45, 7) is 9.03. The highest BCUT2D eigenvalue weighted by Gasteiger charge is 2.23. The highest BCUT2D eigenvalue weighted by atomic mass is 32.1. The Morgan fingerprint density at radius 1 is 1.00 bits per heavy atom. The summed E-state index contributed by atoms with van der Waals surface area (Å²) >= 11 is 5.91. The van der Waals surface area contributed by atoms with E-state index in [0.717, 1.165) is 35.7 Å². The van der Waals surface area contributed by atoms with Gasteiger partial charge in [-0.15, -0.1) is 0 Å². The summed E-state index contributed by atoms with van der Waals surface area (Å²) < 4.78 is 11.1. The van der Waals surface area contributed by atoms with Crippen molar-refractivity contribution in [2.45, 2.75) is 39.6 Å². The molecule has 1 saturated heterocycles. The number of rotatable bonds is 3. The minimum Gasteiger partial charge on any atom is -0.373 e. The summed E-state index contributed by atoms with van der Waals surface area (Å²) in [5.41, 5.74) is 4.67. The fourth-order valence-corrected chi connectivity index (χ4v) is 4.32. The summed E-state index contributed by atoms with van der Waals surface area (Å²) in [6.07, 6.45) is 0.496. The van der Waals surface area contributed by atoms with Crippen LogP contribution in [0.3, 0.4) is 0 Å². The molecule has 0 aliphatic carbocycles. The third-order valence-electron chi connectivity index (χ3n) is 4.93. The molecule has 4 rings (SSSR count). The van der Waals surface area contributed by atoms with Gasteiger partial charge in [-0.3, -0.25) is 9.47 Å². The molecule has 0 amide bonds. The van der Waals surface area contributed by atoms with Gasteiger partial charge in [0.15, 0.2) is 4.77 Å². The second kappa shape index (κ2) is 6.99. The Hall–Kier alpha value is -1.95. The van der Waals surface area contributed by atoms with E-state index >= 15 is 0 Å². The molecule has 1 aliphatic rings. The van der Waals surface area contributed by atoms with Gasteiger partial charge in [0.05, 0.1) is 29.9 Å². The number of aromatic nitrogens is 2. The molecule has 2 atom stereocenters. The fourth-order valence-electron chi connectivity index (χ4n) is 3.96. The van der Waals surface area contributed by atoms with Crippen LogP contribution in [-0.2, 0) is 11.4 Å². The Kier molecular flexibility index (Phi) is 4.69. The molecule has 2 heterocycles. The lowest BCUT2D eigenvalue weighted by Gasteiger charge is -2.35. The number of aryl methyl sites for hydroxylation is 1. The molecular weight excluding hydrogens is 342 g/mol. The zero-order valence-electron chi connectivity index (χ0n) is 15.6. The van der Waals surface area contributed by atoms with E-state index in [1.54, 1.807) is 0 Å². The van der Waals surface area contributed by atoms with Gasteiger partial charge < -0.3 is 9.30 Å². The van der Waals surface area contributed by atoms with Crippen LogP contribution in [0.4, 0.5) is 0 Å². The van der Waals surface area contributed by atoms with Crippen LogP contribution < -0.4 is 0 Å². The molecule has 26 heavy (non-hydrogen) atoms. The van der Waals surface area contributed by atoms with Crippen LogP contribution in [0.2, 0.25) is 0 Å². The second-order valence-electron chi connectivity index (χ2n) is 7.31. The van der Waals surface area contributed by atoms with E-state index in [0.29, 0.717) is 0 Å². The lowest BCUT2D eigenvalue weighted by atomic mass is 10.2. The third-order valence-corrected chi connectivity index (χ3v) is 5.34. The predicted octanol–water partition coefficient (Wildman–Crippen LogP) is 4.54. The molecular formula is C21H25N3OS. The van der Waals surface area contributed by atoms with Crippen LogP contribution in [0, 0.1) is 11.7 Å². The molecule has 1 aliphatic heterocycles. The van der Waals surface area contributed by atoms with Crippen molar-refractivity contribution in [3.8, 4) is 5.69 Å². The number of fused-ring (bicyclic) bond motifs is 1. The monoisotopic (exact) mass is 367 g/mol. The maximum absolute atomic E-state index is 5.91. The van der Waals surface area contributed by atoms with Gasteiger partial charge in [-0.25, -0.2) is 0 Å². The Morgan fingerprint density at radius 3 is 2.38 bits per heavy atom. The molecule has 5 heteroatoms. The van der Waals surface area contributed by atoms with E-state index in [-0.39, 0.29) is 12.2 Å². The molecule has 0 radical (unpaired) electrons. The van der Waals surface area contributed by atoms with Crippen molar-refractivity contribution < 1.29 is 4.74 Å². The SMILES string of the molecule is Cc1cccc(-n2c(=S)n(CN3C[C@@H](C)O[C@H](C)C3)c3ccccc32)c1. The summed E-state index contributed by atoms with van der Waals surface area (Å²) in [5.74, 6) is 0. The van der Waals surface area contributed by atoms with Crippen molar-refractivity contribution in [2.75, 3.05) is 13.1 Å². The molecule has 1 fully saturated rings. The molecule has 0 bridgehead atoms. The quantitative estimate of drug-likeness (QED) is 0.635. The molecule has 2 aromatic carbocycles. The molecule has 0 saturated carbocycles. The van der Waals surface area contributed by atoms with Crippen LogP contribution in [0.25, 0.3) is 16.7 Å². The van der Waals surface area contributed by atoms with Gasteiger partial charge in [0.2, 0.25) is 0 Å². The lowest BCUT2D eigenvalue weighted by molar-refractivity contribution is -0.0763. The van der Waals surface area contributed by atoms with Crippen molar-refractivity contribution in [1.29, 1.82) is 0 Å². The van der Waals surface area contributed by atoms with E-state index in [4.69, 9.17) is 17.0 Å². The average Bonchev–Trinajstić information content (AvgIpc) is 2.86. The average molecular weight is 368 g/mol. The van der Waals surface area contributed by atoms with Crippen LogP contribution in [0.15, 0.2) is 48.5 Å². The van der Waals surface area contributed by atoms with Gasteiger partial charge in [0, 0.05) is 18.8 Å². The normalized spacial score (nSPS) is 21.3. The summed E-state index contributed by atoms with van der Waals surface area (Å²) in [6, 6.07) is 17.0. The number of hydrogen-bond acceptors (Lipinski definition) is 3. The smallest absolute Gasteiger partial charge is 0.186 e. The highest BCUT2D eigenvalue weighted by molar-refractivity contribution is 7.71. The maximum Gasteiger partial charge on any atom is 0.186 e. The summed E-state index contributed by atoms with van der Waals surface area (Å²) in [4.78, 5) is 2.43. The maximum atomic E-state index is 5.91. The van der Waals surface area contributed by atoms with Crippen LogP contribution in [0.5, 0.6) is 0 Å². The first kappa shape index (κ1) is 17.5. The molecule has 4 nitrogen and oxygen atoms in total. The molecule has 0 N–H and O–H groups in total. The Balaban J connectivity index is 1.81. The van der Waals surface area contributed by atoms with E-state index in [9.17, 15) is 0 Å². The van der Waals surface area contributed by atoms with Crippen LogP contribution in [0.1, 0.15) is 19.4 Å². The van der Waals surface area contributed by atoms with Crippen molar-refractivity contribution in [3.05, 3.63) is 58.9 Å². The molecule has 0 spiro atoms. The van der Waals surface area contributed by atoms with Gasteiger partial charge in [-0.1, -0.05) is 24.3 Å². The first-order valence-corrected chi connectivity index (χ1v) is 9.59. The summed E-state index contributed by atoms with van der Waals surface area (Å²) in [7, 11) is 0. The van der Waals surface area contributed by atoms with E-state index in [1.807, 2.05) is 0 Å². The molecule has 1 aromatic heterocycles. The largest absolute Gasteiger partial charge is 0.373 e. The zero-order valence-corrected chi connectivity index (χ0v) is 16.4. The first-order chi connectivity index (χ1) is 12.5. The third kappa shape index (κ3) is 3.22. The van der Waals surface area contributed by atoms with Crippen molar-refractivity contribution in [2.24, 2.45) is 0 Å². The predicted molar refractivity (Wildman–Crippen MR) is 108 cm³/mol. The zero-order chi connectivity index (χ0) is 18.3. The standard InChI is InChI=1S/C21H25N3OS/c1-15-7-6-8-18(11-15)24-20-10-5-4-9-19(20)23(21(24)26)14-22-12-16(2)25-17(3)13-22/h4-11,16-17H,12-14H2,1-3H3/t16-,17-/m1/s1. The van der Waals surface area contributed by atoms with Gasteiger partial charge in [-0.05, 0) is 62.8 Å². The minimum absolute atomic E-state index is 0.248. The Morgan fingerprint density at radius 2 is 1.69 bits per heavy atom. The fraction of sp³-hybridized carbons (Fsp3) is 0.381. The summed E-state index contributed by atoms with van der Waals surface area (Å²) in [5, 5.41) is 0. The number of hydrogen-bond donors (Lipinski definition) is 0. The van der Waals surface area contributed by atoms with Crippen LogP contribution in [-0.4, -0.2) is 39.3 Å². The number of para-hydroxylation sites is 2. The Labute approximate surface area is 159 Å². The number of nitrogens with zero attached hydrogens (tertiary/aromatic N) is 3. The minimum atomic E-state index is 0.248. The molecule has 136 valence electrons. The molecule has 3 aromatic rings. The number of imidazole rings is 1. The van der Waals surface area contributed by atoms with E-state index < -0.39 is 0 Å². The first-order valence-electron chi connectivity index (χ1n) is 9.18. The van der Waals surface area contributed by atoms with Crippen molar-refractivity contribution in [1.82, 2.24) is 14.0 Å². The van der Waals surface area contributed by atoms with E-state index in [1.165, 1.54) is 11.1 Å². The van der Waals surface area contributed by atoms with Crippen LogP contribution >= 0.6 is 12.2 Å². The van der Waals surface area contributed by atoms with Gasteiger partial charge >= 0.3 is 0 Å². The topological polar surface area (TPSA) is 22.3 Å². The number of benzene rings is 2. The van der Waals surface area contributed by atoms with Gasteiger partial charge in [-0.2, -0.15) is 0 Å². The number of morpholine rings is 1. The highest BCUT2D eigenvalue weighted by Crippen LogP contribution is 2.24. The van der Waals surface area contributed by atoms with Gasteiger partial charge in [0.25, 0.3) is 0 Å². The second-order valence-corrected chi connectivity index (χ2v) is 7.67. The molecule has 0 unspecified atom stereocenters. The Bertz CT molecular complexity index is 980. The van der Waals surface area contributed by atoms with Gasteiger partial charge in [0.1, 0.15) is 0 Å². The van der Waals surface area contributed by atoms with Crippen molar-refractivity contribution >= 4 is 23.3 Å². The van der Waals surface area contributed by atoms with E-state index in [2.05, 4.69) is 83.3 Å². The number of ether oxygens (including phenoxy) is 1. The van der Waals surface area contributed by atoms with Crippen molar-refractivity contribution in [3.63, 3.8) is 0 Å². The lowest BCUT2D eigenvalue weighted by Crippen LogP contribution is -2.45.